The summed E-state index contributed by atoms with van der Waals surface area (Å²) in [6, 6.07) is 0. The summed E-state index contributed by atoms with van der Waals surface area (Å²) < 4.78 is 6.49. The second-order valence-electron chi connectivity index (χ2n) is 5.42. The Morgan fingerprint density at radius 2 is 2.30 bits per heavy atom. The molecule has 5 nitrogen and oxygen atoms in total. The number of ether oxygens (including phenoxy) is 1. The number of methoxy groups -OCH3 is 1. The van der Waals surface area contributed by atoms with Crippen LogP contribution in [0.1, 0.15) is 26.2 Å². The molecule has 0 saturated carbocycles. The molecule has 2 N–H and O–H groups in total. The molecule has 20 heavy (non-hydrogen) atoms. The topological polar surface area (TPSA) is 54.1 Å². The molecule has 0 amide bonds. The van der Waals surface area contributed by atoms with Crippen LogP contribution in [-0.4, -0.2) is 64.8 Å². The summed E-state index contributed by atoms with van der Waals surface area (Å²) >= 11 is 0.186. The Kier molecular flexibility index (Phi) is 5.64. The Balaban J connectivity index is 2.09. The Bertz CT molecular complexity index is 397. The van der Waals surface area contributed by atoms with Crippen LogP contribution in [0.25, 0.3) is 0 Å². The molecule has 0 aromatic heterocycles. The van der Waals surface area contributed by atoms with Gasteiger partial charge in [-0.15, -0.1) is 0 Å². The van der Waals surface area contributed by atoms with Crippen LogP contribution in [-0.2, 0) is 4.74 Å². The first-order valence-corrected chi connectivity index (χ1v) is 10.8. The summed E-state index contributed by atoms with van der Waals surface area (Å²) in [5, 5.41) is 0. The zero-order valence-electron chi connectivity index (χ0n) is 12.9. The molecular formula is C14H27AsN4O. The minimum atomic E-state index is 0.186. The first-order chi connectivity index (χ1) is 9.69. The van der Waals surface area contributed by atoms with E-state index in [1.165, 1.54) is 6.42 Å². The van der Waals surface area contributed by atoms with Gasteiger partial charge in [0.1, 0.15) is 0 Å². The molecule has 0 aliphatic carbocycles. The fraction of sp³-hybridized carbons (Fsp3) is 0.786. The van der Waals surface area contributed by atoms with E-state index >= 15 is 0 Å². The van der Waals surface area contributed by atoms with E-state index in [1.807, 2.05) is 0 Å². The van der Waals surface area contributed by atoms with Gasteiger partial charge >= 0.3 is 128 Å². The molecule has 0 spiro atoms. The van der Waals surface area contributed by atoms with E-state index < -0.39 is 0 Å². The van der Waals surface area contributed by atoms with Gasteiger partial charge in [-0.05, 0) is 0 Å². The van der Waals surface area contributed by atoms with E-state index in [-0.39, 0.29) is 15.8 Å². The molecule has 2 unspecified atom stereocenters. The molecule has 0 bridgehead atoms. The standard InChI is InChI=1S/C14H27AsN4O/c1-4-5-7-19-10-12(20-3)13(17-14(19)16)18-8-6-11(9-18)15-2/h11,15H,4-10H2,1-3H3,(H2,16,17). The first kappa shape index (κ1) is 15.6. The summed E-state index contributed by atoms with van der Waals surface area (Å²) in [4.78, 5) is 9.11. The van der Waals surface area contributed by atoms with Crippen molar-refractivity contribution in [3.8, 4) is 0 Å². The van der Waals surface area contributed by atoms with Gasteiger partial charge in [0, 0.05) is 0 Å². The molecular weight excluding hydrogens is 315 g/mol. The number of nitrogens with two attached hydrogens (primary N) is 1. The molecule has 2 atom stereocenters. The monoisotopic (exact) mass is 342 g/mol. The maximum absolute atomic E-state index is 6.13. The fourth-order valence-corrected chi connectivity index (χ4v) is 4.42. The number of rotatable bonds is 6. The molecule has 0 aromatic rings. The summed E-state index contributed by atoms with van der Waals surface area (Å²) in [7, 11) is 1.74. The number of aliphatic imine (C=N–C) groups is 1. The summed E-state index contributed by atoms with van der Waals surface area (Å²) in [6.45, 7) is 6.12. The normalized spacial score (nSPS) is 23.9. The third-order valence-corrected chi connectivity index (χ3v) is 6.75. The third-order valence-electron chi connectivity index (χ3n) is 4.05. The number of guanidine groups is 1. The van der Waals surface area contributed by atoms with Crippen molar-refractivity contribution >= 4 is 21.7 Å². The van der Waals surface area contributed by atoms with Crippen molar-refractivity contribution in [1.82, 2.24) is 9.80 Å². The van der Waals surface area contributed by atoms with E-state index in [4.69, 9.17) is 10.5 Å². The van der Waals surface area contributed by atoms with Crippen molar-refractivity contribution in [3.05, 3.63) is 11.6 Å². The van der Waals surface area contributed by atoms with Gasteiger partial charge in [0.15, 0.2) is 0 Å². The van der Waals surface area contributed by atoms with E-state index in [2.05, 4.69) is 27.4 Å². The van der Waals surface area contributed by atoms with Gasteiger partial charge in [0.2, 0.25) is 0 Å². The van der Waals surface area contributed by atoms with Gasteiger partial charge < -0.3 is 0 Å². The van der Waals surface area contributed by atoms with Crippen molar-refractivity contribution in [2.45, 2.75) is 36.6 Å². The Morgan fingerprint density at radius 1 is 1.50 bits per heavy atom. The van der Waals surface area contributed by atoms with Crippen molar-refractivity contribution in [2.24, 2.45) is 10.7 Å². The van der Waals surface area contributed by atoms with Gasteiger partial charge in [-0.2, -0.15) is 0 Å². The van der Waals surface area contributed by atoms with E-state index in [0.29, 0.717) is 5.96 Å². The van der Waals surface area contributed by atoms with Crippen LogP contribution in [0.15, 0.2) is 16.6 Å². The van der Waals surface area contributed by atoms with Crippen molar-refractivity contribution in [1.29, 1.82) is 0 Å². The van der Waals surface area contributed by atoms with Crippen LogP contribution < -0.4 is 5.73 Å². The zero-order valence-corrected chi connectivity index (χ0v) is 15.0. The number of hydrogen-bond donors (Lipinski definition) is 1. The molecule has 0 aromatic carbocycles. The number of unbranched alkanes of at least 4 members (excludes halogenated alkanes) is 1. The Hall–Kier alpha value is -0.832. The molecule has 0 radical (unpaired) electrons. The predicted octanol–water partition coefficient (Wildman–Crippen LogP) is 1.21. The molecule has 1 saturated heterocycles. The number of likely N-dealkylation sites (tertiary alicyclic amines) is 1. The predicted molar refractivity (Wildman–Crippen MR) is 85.1 cm³/mol. The van der Waals surface area contributed by atoms with Gasteiger partial charge in [-0.1, -0.05) is 0 Å². The van der Waals surface area contributed by atoms with Gasteiger partial charge in [0.25, 0.3) is 0 Å². The Labute approximate surface area is 128 Å². The Morgan fingerprint density at radius 3 is 2.90 bits per heavy atom. The molecule has 2 aliphatic rings. The number of nitrogens with zero attached hydrogens (tertiary/aromatic N) is 3. The zero-order chi connectivity index (χ0) is 14.5. The average molecular weight is 342 g/mol. The van der Waals surface area contributed by atoms with Crippen LogP contribution in [0, 0.1) is 0 Å². The van der Waals surface area contributed by atoms with Crippen LogP contribution in [0.4, 0.5) is 0 Å². The maximum atomic E-state index is 6.13. The quantitative estimate of drug-likeness (QED) is 0.738. The second kappa shape index (κ2) is 7.26. The average Bonchev–Trinajstić information content (AvgIpc) is 2.94. The molecule has 2 heterocycles. The fourth-order valence-electron chi connectivity index (χ4n) is 2.70. The van der Waals surface area contributed by atoms with E-state index in [1.54, 1.807) is 7.11 Å². The van der Waals surface area contributed by atoms with Crippen LogP contribution in [0.3, 0.4) is 0 Å². The molecule has 1 fully saturated rings. The summed E-state index contributed by atoms with van der Waals surface area (Å²) in [5.74, 6) is 2.58. The van der Waals surface area contributed by atoms with Gasteiger partial charge in [0.05, 0.1) is 0 Å². The molecule has 6 heteroatoms. The van der Waals surface area contributed by atoms with E-state index in [9.17, 15) is 0 Å². The van der Waals surface area contributed by atoms with E-state index in [0.717, 1.165) is 55.3 Å². The SMILES string of the molecule is CCCCN1CC(OC)=C(N2CCC([AsH]C)C2)N=C1N. The summed E-state index contributed by atoms with van der Waals surface area (Å²) in [5.41, 5.74) is 8.51. The third kappa shape index (κ3) is 3.43. The number of hydrogen-bond acceptors (Lipinski definition) is 5. The van der Waals surface area contributed by atoms with Crippen LogP contribution in [0.2, 0.25) is 10.4 Å². The van der Waals surface area contributed by atoms with Gasteiger partial charge in [-0.25, -0.2) is 0 Å². The first-order valence-electron chi connectivity index (χ1n) is 7.48. The van der Waals surface area contributed by atoms with Crippen molar-refractivity contribution in [3.63, 3.8) is 0 Å². The molecule has 2 rings (SSSR count). The van der Waals surface area contributed by atoms with Gasteiger partial charge in [-0.3, -0.25) is 0 Å². The second-order valence-corrected chi connectivity index (χ2v) is 8.34. The minimum absolute atomic E-state index is 0.186. The molecule has 114 valence electrons. The molecule has 2 aliphatic heterocycles. The van der Waals surface area contributed by atoms with Crippen molar-refractivity contribution < 1.29 is 4.74 Å². The van der Waals surface area contributed by atoms with Crippen molar-refractivity contribution in [2.75, 3.05) is 33.3 Å². The summed E-state index contributed by atoms with van der Waals surface area (Å²) in [6.07, 6.45) is 3.60. The van der Waals surface area contributed by atoms with Crippen LogP contribution >= 0.6 is 0 Å². The van der Waals surface area contributed by atoms with Crippen LogP contribution in [0.5, 0.6) is 0 Å².